The highest BCUT2D eigenvalue weighted by Crippen LogP contribution is 2.16. The van der Waals surface area contributed by atoms with Crippen molar-refractivity contribution in [3.05, 3.63) is 23.7 Å². The number of aryl methyl sites for hydroxylation is 1. The van der Waals surface area contributed by atoms with Gasteiger partial charge in [0, 0.05) is 6.04 Å². The predicted molar refractivity (Wildman–Crippen MR) is 74.7 cm³/mol. The van der Waals surface area contributed by atoms with Crippen LogP contribution in [0.2, 0.25) is 0 Å². The highest BCUT2D eigenvalue weighted by Gasteiger charge is 2.16. The zero-order valence-corrected chi connectivity index (χ0v) is 11.7. The van der Waals surface area contributed by atoms with E-state index in [1.54, 1.807) is 0 Å². The molecule has 1 aromatic rings. The van der Waals surface area contributed by atoms with E-state index in [1.807, 2.05) is 13.0 Å². The number of likely N-dealkylation sites (tertiary alicyclic amines) is 1. The first-order valence-corrected chi connectivity index (χ1v) is 7.26. The summed E-state index contributed by atoms with van der Waals surface area (Å²) in [6.07, 6.45) is 5.39. The summed E-state index contributed by atoms with van der Waals surface area (Å²) in [5.41, 5.74) is 0. The lowest BCUT2D eigenvalue weighted by atomic mass is 10.0. The molecule has 1 atom stereocenters. The van der Waals surface area contributed by atoms with Crippen LogP contribution in [0.4, 0.5) is 0 Å². The molecular weight excluding hydrogens is 224 g/mol. The molecule has 1 saturated heterocycles. The van der Waals surface area contributed by atoms with Crippen LogP contribution in [0.5, 0.6) is 0 Å². The van der Waals surface area contributed by atoms with Crippen LogP contribution in [0.1, 0.15) is 44.1 Å². The molecule has 0 saturated carbocycles. The molecule has 2 rings (SSSR count). The van der Waals surface area contributed by atoms with Crippen LogP contribution >= 0.6 is 0 Å². The molecule has 0 bridgehead atoms. The monoisotopic (exact) mass is 250 g/mol. The Kier molecular flexibility index (Phi) is 5.26. The van der Waals surface area contributed by atoms with Crippen LogP contribution in [0, 0.1) is 6.92 Å². The van der Waals surface area contributed by atoms with Gasteiger partial charge >= 0.3 is 0 Å². The average Bonchev–Trinajstić information content (AvgIpc) is 2.77. The Morgan fingerprint density at radius 2 is 2.28 bits per heavy atom. The summed E-state index contributed by atoms with van der Waals surface area (Å²) in [6.45, 7) is 8.79. The molecule has 1 unspecified atom stereocenters. The summed E-state index contributed by atoms with van der Waals surface area (Å²) in [5.74, 6) is 2.03. The summed E-state index contributed by atoms with van der Waals surface area (Å²) < 4.78 is 5.52. The molecule has 0 aromatic carbocycles. The second-order valence-corrected chi connectivity index (χ2v) is 5.42. The largest absolute Gasteiger partial charge is 0.465 e. The first-order valence-electron chi connectivity index (χ1n) is 7.26. The van der Waals surface area contributed by atoms with E-state index in [9.17, 15) is 0 Å². The second kappa shape index (κ2) is 6.95. The number of nitrogens with zero attached hydrogens (tertiary/aromatic N) is 1. The molecule has 3 heteroatoms. The maximum atomic E-state index is 5.52. The van der Waals surface area contributed by atoms with E-state index in [0.29, 0.717) is 0 Å². The average molecular weight is 250 g/mol. The SMILES string of the molecule is Cc1ccc(CNCCCN2CCCCC2C)o1. The molecule has 1 aromatic heterocycles. The van der Waals surface area contributed by atoms with Gasteiger partial charge in [-0.3, -0.25) is 0 Å². The van der Waals surface area contributed by atoms with E-state index >= 15 is 0 Å². The summed E-state index contributed by atoms with van der Waals surface area (Å²) in [5, 5.41) is 3.45. The Morgan fingerprint density at radius 3 is 3.00 bits per heavy atom. The van der Waals surface area contributed by atoms with Gasteiger partial charge in [-0.15, -0.1) is 0 Å². The highest BCUT2D eigenvalue weighted by atomic mass is 16.3. The van der Waals surface area contributed by atoms with Crippen molar-refractivity contribution in [3.8, 4) is 0 Å². The fourth-order valence-corrected chi connectivity index (χ4v) is 2.69. The zero-order valence-electron chi connectivity index (χ0n) is 11.7. The number of rotatable bonds is 6. The molecule has 0 aliphatic carbocycles. The van der Waals surface area contributed by atoms with Crippen LogP contribution in [0.3, 0.4) is 0 Å². The highest BCUT2D eigenvalue weighted by molar-refractivity contribution is 5.04. The Bertz CT molecular complexity index is 348. The predicted octanol–water partition coefficient (Wildman–Crippen LogP) is 2.94. The van der Waals surface area contributed by atoms with Crippen LogP contribution in [-0.4, -0.2) is 30.6 Å². The van der Waals surface area contributed by atoms with E-state index in [0.717, 1.165) is 30.7 Å². The van der Waals surface area contributed by atoms with Gasteiger partial charge in [0.25, 0.3) is 0 Å². The minimum atomic E-state index is 0.784. The van der Waals surface area contributed by atoms with Crippen molar-refractivity contribution in [2.45, 2.75) is 52.1 Å². The Morgan fingerprint density at radius 1 is 1.39 bits per heavy atom. The van der Waals surface area contributed by atoms with E-state index in [1.165, 1.54) is 38.8 Å². The van der Waals surface area contributed by atoms with Gasteiger partial charge < -0.3 is 14.6 Å². The maximum Gasteiger partial charge on any atom is 0.117 e. The smallest absolute Gasteiger partial charge is 0.117 e. The van der Waals surface area contributed by atoms with Crippen molar-refractivity contribution in [1.82, 2.24) is 10.2 Å². The Labute approximate surface area is 111 Å². The van der Waals surface area contributed by atoms with Crippen molar-refractivity contribution in [3.63, 3.8) is 0 Å². The first-order chi connectivity index (χ1) is 8.75. The first kappa shape index (κ1) is 13.6. The standard InChI is InChI=1S/C15H26N2O/c1-13-6-3-4-10-17(13)11-5-9-16-12-15-8-7-14(2)18-15/h7-8,13,16H,3-6,9-12H2,1-2H3. The molecule has 18 heavy (non-hydrogen) atoms. The second-order valence-electron chi connectivity index (χ2n) is 5.42. The van der Waals surface area contributed by atoms with Gasteiger partial charge in [0.15, 0.2) is 0 Å². The molecule has 102 valence electrons. The van der Waals surface area contributed by atoms with Crippen LogP contribution in [-0.2, 0) is 6.54 Å². The molecule has 0 amide bonds. The van der Waals surface area contributed by atoms with E-state index in [-0.39, 0.29) is 0 Å². The van der Waals surface area contributed by atoms with Crippen LogP contribution < -0.4 is 5.32 Å². The molecule has 1 aliphatic rings. The Hall–Kier alpha value is -0.800. The summed E-state index contributed by atoms with van der Waals surface area (Å²) in [4.78, 5) is 2.63. The third-order valence-electron chi connectivity index (χ3n) is 3.83. The van der Waals surface area contributed by atoms with Gasteiger partial charge in [-0.05, 0) is 64.9 Å². The molecule has 1 fully saturated rings. The summed E-state index contributed by atoms with van der Waals surface area (Å²) in [7, 11) is 0. The van der Waals surface area contributed by atoms with Crippen molar-refractivity contribution < 1.29 is 4.42 Å². The lowest BCUT2D eigenvalue weighted by molar-refractivity contribution is 0.159. The van der Waals surface area contributed by atoms with Crippen LogP contribution in [0.25, 0.3) is 0 Å². The normalized spacial score (nSPS) is 21.3. The molecule has 1 N–H and O–H groups in total. The van der Waals surface area contributed by atoms with Gasteiger partial charge in [-0.25, -0.2) is 0 Å². The van der Waals surface area contributed by atoms with Gasteiger partial charge in [-0.1, -0.05) is 6.42 Å². The van der Waals surface area contributed by atoms with E-state index in [2.05, 4.69) is 23.2 Å². The van der Waals surface area contributed by atoms with Crippen molar-refractivity contribution in [2.24, 2.45) is 0 Å². The fraction of sp³-hybridized carbons (Fsp3) is 0.733. The third kappa shape index (κ3) is 4.14. The van der Waals surface area contributed by atoms with Crippen molar-refractivity contribution in [1.29, 1.82) is 0 Å². The minimum absolute atomic E-state index is 0.784. The van der Waals surface area contributed by atoms with Gasteiger partial charge in [0.05, 0.1) is 6.54 Å². The van der Waals surface area contributed by atoms with Gasteiger partial charge in [-0.2, -0.15) is 0 Å². The summed E-state index contributed by atoms with van der Waals surface area (Å²) >= 11 is 0. The van der Waals surface area contributed by atoms with Crippen molar-refractivity contribution >= 4 is 0 Å². The van der Waals surface area contributed by atoms with E-state index < -0.39 is 0 Å². The molecular formula is C15H26N2O. The number of piperidine rings is 1. The molecule has 0 radical (unpaired) electrons. The third-order valence-corrected chi connectivity index (χ3v) is 3.83. The van der Waals surface area contributed by atoms with Gasteiger partial charge in [0.1, 0.15) is 11.5 Å². The quantitative estimate of drug-likeness (QED) is 0.787. The molecule has 1 aliphatic heterocycles. The number of furan rings is 1. The topological polar surface area (TPSA) is 28.4 Å². The number of nitrogens with one attached hydrogen (secondary N) is 1. The molecule has 2 heterocycles. The van der Waals surface area contributed by atoms with Crippen LogP contribution in [0.15, 0.2) is 16.5 Å². The lowest BCUT2D eigenvalue weighted by Crippen LogP contribution is -2.38. The Balaban J connectivity index is 1.55. The zero-order chi connectivity index (χ0) is 12.8. The maximum absolute atomic E-state index is 5.52. The van der Waals surface area contributed by atoms with E-state index in [4.69, 9.17) is 4.42 Å². The fourth-order valence-electron chi connectivity index (χ4n) is 2.69. The minimum Gasteiger partial charge on any atom is -0.465 e. The molecule has 3 nitrogen and oxygen atoms in total. The van der Waals surface area contributed by atoms with Gasteiger partial charge in [0.2, 0.25) is 0 Å². The number of hydrogen-bond donors (Lipinski definition) is 1. The number of hydrogen-bond acceptors (Lipinski definition) is 3. The molecule has 0 spiro atoms. The lowest BCUT2D eigenvalue weighted by Gasteiger charge is -2.33. The summed E-state index contributed by atoms with van der Waals surface area (Å²) in [6, 6.07) is 4.85. The van der Waals surface area contributed by atoms with Crippen molar-refractivity contribution in [2.75, 3.05) is 19.6 Å².